The first kappa shape index (κ1) is 20.4. The Bertz CT molecular complexity index is 1050. The lowest BCUT2D eigenvalue weighted by Crippen LogP contribution is -2.34. The Kier molecular flexibility index (Phi) is 5.89. The summed E-state index contributed by atoms with van der Waals surface area (Å²) in [5.41, 5.74) is 3.56. The van der Waals surface area contributed by atoms with Crippen molar-refractivity contribution >= 4 is 57.3 Å². The molecule has 11 heteroatoms. The summed E-state index contributed by atoms with van der Waals surface area (Å²) in [4.78, 5) is 33.7. The fourth-order valence-electron chi connectivity index (χ4n) is 2.56. The van der Waals surface area contributed by atoms with Gasteiger partial charge in [0.25, 0.3) is 11.6 Å². The topological polar surface area (TPSA) is 119 Å². The van der Waals surface area contributed by atoms with Gasteiger partial charge in [0, 0.05) is 6.07 Å². The van der Waals surface area contributed by atoms with Gasteiger partial charge in [-0.05, 0) is 41.9 Å². The zero-order valence-corrected chi connectivity index (χ0v) is 16.7. The highest BCUT2D eigenvalue weighted by Gasteiger charge is 2.34. The van der Waals surface area contributed by atoms with E-state index in [1.165, 1.54) is 11.6 Å². The molecule has 0 atom stereocenters. The molecule has 9 nitrogen and oxygen atoms in total. The highest BCUT2D eigenvalue weighted by Crippen LogP contribution is 2.35. The van der Waals surface area contributed by atoms with Crippen LogP contribution in [-0.2, 0) is 11.2 Å². The van der Waals surface area contributed by atoms with Gasteiger partial charge in [-0.15, -0.1) is 0 Å². The number of rotatable bonds is 6. The molecule has 1 heterocycles. The van der Waals surface area contributed by atoms with E-state index in [2.05, 4.69) is 5.43 Å². The number of hydrogen-bond acceptors (Lipinski definition) is 8. The number of thiocarbonyl (C=S) groups is 1. The Morgan fingerprint density at radius 1 is 1.14 bits per heavy atom. The maximum atomic E-state index is 12.7. The second-order valence-electron chi connectivity index (χ2n) is 5.94. The molecule has 0 aromatic heterocycles. The summed E-state index contributed by atoms with van der Waals surface area (Å²) in [5, 5.41) is 23.2. The van der Waals surface area contributed by atoms with E-state index < -0.39 is 27.1 Å². The standard InChI is InChI=1S/C18H14N4O5S2/c1-2-11-3-5-12(6-4-11)9-16-17(23)20(18(28)29-16)19-14-8-7-13(21(24)25)10-15(14)22(26)27/h3-10,19H,2H2,1H3/b16-9+. The lowest BCUT2D eigenvalue weighted by Gasteiger charge is -2.16. The van der Waals surface area contributed by atoms with Gasteiger partial charge in [0.2, 0.25) is 0 Å². The number of amides is 1. The Hall–Kier alpha value is -3.31. The van der Waals surface area contributed by atoms with Crippen LogP contribution in [0.3, 0.4) is 0 Å². The van der Waals surface area contributed by atoms with Crippen LogP contribution in [0.1, 0.15) is 18.1 Å². The van der Waals surface area contributed by atoms with Crippen LogP contribution in [0.2, 0.25) is 0 Å². The molecule has 2 aromatic carbocycles. The minimum atomic E-state index is -0.766. The summed E-state index contributed by atoms with van der Waals surface area (Å²) >= 11 is 6.27. The fourth-order valence-corrected chi connectivity index (χ4v) is 3.74. The fraction of sp³-hybridized carbons (Fsp3) is 0.111. The van der Waals surface area contributed by atoms with Crippen LogP contribution in [-0.4, -0.2) is 25.1 Å². The number of nitrogens with one attached hydrogen (secondary N) is 1. The highest BCUT2D eigenvalue weighted by molar-refractivity contribution is 8.26. The molecule has 3 rings (SSSR count). The number of nitro benzene ring substituents is 2. The van der Waals surface area contributed by atoms with Crippen molar-refractivity contribution in [1.82, 2.24) is 5.01 Å². The van der Waals surface area contributed by atoms with Crippen molar-refractivity contribution in [3.05, 3.63) is 78.7 Å². The summed E-state index contributed by atoms with van der Waals surface area (Å²) in [5.74, 6) is -0.466. The van der Waals surface area contributed by atoms with Crippen molar-refractivity contribution in [3.8, 4) is 0 Å². The van der Waals surface area contributed by atoms with Crippen LogP contribution >= 0.6 is 24.0 Å². The van der Waals surface area contributed by atoms with E-state index in [1.807, 2.05) is 31.2 Å². The van der Waals surface area contributed by atoms with Gasteiger partial charge in [-0.25, -0.2) is 5.01 Å². The molecule has 1 aliphatic rings. The number of non-ortho nitro benzene ring substituents is 1. The summed E-state index contributed by atoms with van der Waals surface area (Å²) in [6, 6.07) is 10.8. The smallest absolute Gasteiger partial charge is 0.283 e. The van der Waals surface area contributed by atoms with Crippen molar-refractivity contribution in [2.75, 3.05) is 5.43 Å². The number of thioether (sulfide) groups is 1. The highest BCUT2D eigenvalue weighted by atomic mass is 32.2. The summed E-state index contributed by atoms with van der Waals surface area (Å²) < 4.78 is 0.166. The first-order valence-corrected chi connectivity index (χ1v) is 9.59. The van der Waals surface area contributed by atoms with E-state index in [0.29, 0.717) is 4.91 Å². The van der Waals surface area contributed by atoms with Crippen molar-refractivity contribution in [1.29, 1.82) is 0 Å². The minimum Gasteiger partial charge on any atom is -0.283 e. The Morgan fingerprint density at radius 2 is 1.83 bits per heavy atom. The van der Waals surface area contributed by atoms with Crippen molar-refractivity contribution in [2.45, 2.75) is 13.3 Å². The van der Waals surface area contributed by atoms with Crippen LogP contribution in [0.5, 0.6) is 0 Å². The molecule has 29 heavy (non-hydrogen) atoms. The molecule has 1 saturated heterocycles. The van der Waals surface area contributed by atoms with E-state index >= 15 is 0 Å². The van der Waals surface area contributed by atoms with Crippen molar-refractivity contribution in [2.24, 2.45) is 0 Å². The molecule has 148 valence electrons. The largest absolute Gasteiger partial charge is 0.300 e. The van der Waals surface area contributed by atoms with Gasteiger partial charge >= 0.3 is 5.69 Å². The molecular weight excluding hydrogens is 416 g/mol. The van der Waals surface area contributed by atoms with Gasteiger partial charge in [0.1, 0.15) is 5.69 Å². The van der Waals surface area contributed by atoms with E-state index in [1.54, 1.807) is 6.08 Å². The average Bonchev–Trinajstić information content (AvgIpc) is 2.96. The summed E-state index contributed by atoms with van der Waals surface area (Å²) in [6.45, 7) is 2.04. The average molecular weight is 430 g/mol. The van der Waals surface area contributed by atoms with E-state index in [9.17, 15) is 25.0 Å². The number of benzene rings is 2. The SMILES string of the molecule is CCc1ccc(/C=C2/SC(=S)N(Nc3ccc([N+](=O)[O-])cc3[N+](=O)[O-])C2=O)cc1. The molecule has 1 N–H and O–H groups in total. The number of hydrazine groups is 1. The summed E-state index contributed by atoms with van der Waals surface area (Å²) in [6.07, 6.45) is 2.59. The van der Waals surface area contributed by atoms with Gasteiger partial charge in [0.15, 0.2) is 4.32 Å². The van der Waals surface area contributed by atoms with E-state index in [0.717, 1.165) is 40.9 Å². The number of carbonyl (C=O) groups excluding carboxylic acids is 1. The second-order valence-corrected chi connectivity index (χ2v) is 7.62. The third-order valence-corrected chi connectivity index (χ3v) is 5.40. The zero-order valence-electron chi connectivity index (χ0n) is 15.0. The Morgan fingerprint density at radius 3 is 2.41 bits per heavy atom. The first-order chi connectivity index (χ1) is 13.8. The quantitative estimate of drug-likeness (QED) is 0.312. The third kappa shape index (κ3) is 4.41. The second kappa shape index (κ2) is 8.37. The molecule has 0 bridgehead atoms. The zero-order chi connectivity index (χ0) is 21.1. The number of nitro groups is 2. The number of carbonyl (C=O) groups is 1. The molecule has 0 saturated carbocycles. The van der Waals surface area contributed by atoms with Crippen LogP contribution in [0.4, 0.5) is 17.1 Å². The number of anilines is 1. The Labute approximate surface area is 174 Å². The molecule has 1 aliphatic heterocycles. The maximum absolute atomic E-state index is 12.7. The molecule has 2 aromatic rings. The van der Waals surface area contributed by atoms with E-state index in [4.69, 9.17) is 12.2 Å². The lowest BCUT2D eigenvalue weighted by atomic mass is 10.1. The van der Waals surface area contributed by atoms with Crippen molar-refractivity contribution in [3.63, 3.8) is 0 Å². The Balaban J connectivity index is 1.86. The maximum Gasteiger partial charge on any atom is 0.300 e. The van der Waals surface area contributed by atoms with Gasteiger partial charge in [-0.3, -0.25) is 30.4 Å². The van der Waals surface area contributed by atoms with Gasteiger partial charge < -0.3 is 0 Å². The van der Waals surface area contributed by atoms with E-state index in [-0.39, 0.29) is 10.0 Å². The molecule has 0 radical (unpaired) electrons. The lowest BCUT2D eigenvalue weighted by molar-refractivity contribution is -0.393. The molecule has 1 fully saturated rings. The molecule has 0 spiro atoms. The molecule has 0 unspecified atom stereocenters. The first-order valence-electron chi connectivity index (χ1n) is 8.36. The number of nitrogens with zero attached hydrogens (tertiary/aromatic N) is 3. The van der Waals surface area contributed by atoms with Crippen LogP contribution in [0, 0.1) is 20.2 Å². The van der Waals surface area contributed by atoms with Gasteiger partial charge in [-0.1, -0.05) is 43.0 Å². The van der Waals surface area contributed by atoms with Gasteiger partial charge in [-0.2, -0.15) is 0 Å². The minimum absolute atomic E-state index is 0.0783. The predicted molar refractivity (Wildman–Crippen MR) is 114 cm³/mol. The normalized spacial score (nSPS) is 15.1. The monoisotopic (exact) mass is 430 g/mol. The van der Waals surface area contributed by atoms with Crippen LogP contribution < -0.4 is 5.43 Å². The summed E-state index contributed by atoms with van der Waals surface area (Å²) in [7, 11) is 0. The molecule has 0 aliphatic carbocycles. The predicted octanol–water partition coefficient (Wildman–Crippen LogP) is 4.29. The van der Waals surface area contributed by atoms with Crippen molar-refractivity contribution < 1.29 is 14.6 Å². The molecular formula is C18H14N4O5S2. The number of aryl methyl sites for hydroxylation is 1. The van der Waals surface area contributed by atoms with Crippen LogP contribution in [0.25, 0.3) is 6.08 Å². The molecule has 1 amide bonds. The third-order valence-electron chi connectivity index (χ3n) is 4.10. The van der Waals surface area contributed by atoms with Crippen LogP contribution in [0.15, 0.2) is 47.4 Å². The number of hydrogen-bond donors (Lipinski definition) is 1. The van der Waals surface area contributed by atoms with Gasteiger partial charge in [0.05, 0.1) is 20.8 Å².